The van der Waals surface area contributed by atoms with E-state index in [1.54, 1.807) is 42.5 Å². The summed E-state index contributed by atoms with van der Waals surface area (Å²) in [5.41, 5.74) is 0.837. The van der Waals surface area contributed by atoms with Gasteiger partial charge in [-0.05, 0) is 18.6 Å². The molecule has 25 heavy (non-hydrogen) atoms. The minimum Gasteiger partial charge on any atom is -0.550 e. The second kappa shape index (κ2) is 6.68. The molecule has 0 aliphatic carbocycles. The van der Waals surface area contributed by atoms with Gasteiger partial charge in [0.1, 0.15) is 0 Å². The molecule has 0 saturated heterocycles. The third-order valence-electron chi connectivity index (χ3n) is 4.12. The molecule has 0 N–H and O–H groups in total. The molecular weight excluding hydrogens is 322 g/mol. The number of carbonyl (C=O) groups is 4. The summed E-state index contributed by atoms with van der Waals surface area (Å²) in [5.74, 6) is -3.96. The van der Waals surface area contributed by atoms with E-state index in [2.05, 4.69) is 0 Å². The van der Waals surface area contributed by atoms with Crippen LogP contribution < -0.4 is 5.11 Å². The Hall–Kier alpha value is -3.28. The van der Waals surface area contributed by atoms with Gasteiger partial charge in [0.15, 0.2) is 5.78 Å². The van der Waals surface area contributed by atoms with Crippen molar-refractivity contribution >= 4 is 23.6 Å². The number of benzene rings is 2. The highest BCUT2D eigenvalue weighted by atomic mass is 16.4. The van der Waals surface area contributed by atoms with Crippen molar-refractivity contribution in [3.63, 3.8) is 0 Å². The van der Waals surface area contributed by atoms with Crippen LogP contribution in [0.15, 0.2) is 54.6 Å². The summed E-state index contributed by atoms with van der Waals surface area (Å²) < 4.78 is 0. The second-order valence-electron chi connectivity index (χ2n) is 5.77. The number of amides is 2. The predicted molar refractivity (Wildman–Crippen MR) is 85.7 cm³/mol. The van der Waals surface area contributed by atoms with Crippen molar-refractivity contribution in [2.75, 3.05) is 6.54 Å². The molecule has 0 fully saturated rings. The highest BCUT2D eigenvalue weighted by molar-refractivity contribution is 6.21. The molecule has 0 spiro atoms. The van der Waals surface area contributed by atoms with Gasteiger partial charge >= 0.3 is 0 Å². The maximum Gasteiger partial charge on any atom is 0.261 e. The molecule has 3 rings (SSSR count). The summed E-state index contributed by atoms with van der Waals surface area (Å²) in [5, 5.41) is 11.0. The number of carbonyl (C=O) groups excluding carboxylic acids is 4. The number of rotatable bonds is 6. The molecule has 2 amide bonds. The minimum atomic E-state index is -1.41. The van der Waals surface area contributed by atoms with Crippen LogP contribution in [-0.4, -0.2) is 35.0 Å². The summed E-state index contributed by atoms with van der Waals surface area (Å²) >= 11 is 0. The smallest absolute Gasteiger partial charge is 0.261 e. The van der Waals surface area contributed by atoms with Crippen LogP contribution in [0.4, 0.5) is 0 Å². The number of imide groups is 1. The molecule has 1 aliphatic heterocycles. The van der Waals surface area contributed by atoms with E-state index in [-0.39, 0.29) is 17.7 Å². The molecule has 0 bridgehead atoms. The van der Waals surface area contributed by atoms with Crippen LogP contribution in [-0.2, 0) is 4.79 Å². The van der Waals surface area contributed by atoms with Crippen LogP contribution in [0.1, 0.15) is 37.5 Å². The number of carboxylic acids is 1. The van der Waals surface area contributed by atoms with Crippen LogP contribution >= 0.6 is 0 Å². The van der Waals surface area contributed by atoms with Gasteiger partial charge in [-0.2, -0.15) is 0 Å². The minimum absolute atomic E-state index is 0.256. The van der Waals surface area contributed by atoms with Crippen molar-refractivity contribution in [3.05, 3.63) is 71.3 Å². The first kappa shape index (κ1) is 16.6. The van der Waals surface area contributed by atoms with Crippen LogP contribution in [0.2, 0.25) is 0 Å². The lowest BCUT2D eigenvalue weighted by Crippen LogP contribution is -2.40. The molecule has 0 saturated carbocycles. The molecule has 6 nitrogen and oxygen atoms in total. The first-order valence-corrected chi connectivity index (χ1v) is 7.73. The number of fused-ring (bicyclic) bond motifs is 1. The van der Waals surface area contributed by atoms with Crippen LogP contribution in [0.5, 0.6) is 0 Å². The lowest BCUT2D eigenvalue weighted by Gasteiger charge is -2.22. The fourth-order valence-electron chi connectivity index (χ4n) is 2.90. The molecule has 0 unspecified atom stereocenters. The number of hydrogen-bond acceptors (Lipinski definition) is 5. The Balaban J connectivity index is 1.87. The van der Waals surface area contributed by atoms with Gasteiger partial charge in [-0.3, -0.25) is 19.3 Å². The maximum atomic E-state index is 12.6. The molecule has 1 heterocycles. The Morgan fingerprint density at radius 1 is 0.880 bits per heavy atom. The molecule has 2 aromatic rings. The largest absolute Gasteiger partial charge is 0.550 e. The summed E-state index contributed by atoms with van der Waals surface area (Å²) in [4.78, 5) is 49.4. The zero-order chi connectivity index (χ0) is 18.0. The third kappa shape index (κ3) is 3.19. The molecule has 126 valence electrons. The van der Waals surface area contributed by atoms with Gasteiger partial charge in [0.2, 0.25) is 0 Å². The highest BCUT2D eigenvalue weighted by Gasteiger charge is 2.37. The Morgan fingerprint density at radius 2 is 1.40 bits per heavy atom. The number of hydrogen-bond donors (Lipinski definition) is 0. The first-order valence-electron chi connectivity index (χ1n) is 7.73. The van der Waals surface area contributed by atoms with E-state index in [4.69, 9.17) is 0 Å². The van der Waals surface area contributed by atoms with E-state index in [0.29, 0.717) is 5.56 Å². The van der Waals surface area contributed by atoms with Crippen molar-refractivity contribution in [2.24, 2.45) is 5.92 Å². The number of ketones is 1. The SMILES string of the molecule is O=C([O-])C[C@@H](CN1C(=O)c2ccccc2C1=O)C(=O)c1ccccc1. The number of carboxylic acid groups (broad SMARTS) is 1. The molecule has 0 aromatic heterocycles. The van der Waals surface area contributed by atoms with Gasteiger partial charge in [0, 0.05) is 24.0 Å². The van der Waals surface area contributed by atoms with Crippen molar-refractivity contribution in [1.82, 2.24) is 4.90 Å². The Labute approximate surface area is 143 Å². The predicted octanol–water partition coefficient (Wildman–Crippen LogP) is 0.922. The lowest BCUT2D eigenvalue weighted by molar-refractivity contribution is -0.306. The molecule has 6 heteroatoms. The zero-order valence-electron chi connectivity index (χ0n) is 13.2. The van der Waals surface area contributed by atoms with Crippen LogP contribution in [0, 0.1) is 5.92 Å². The normalized spacial score (nSPS) is 14.3. The number of Topliss-reactive ketones (excluding diaryl/α,β-unsaturated/α-hetero) is 1. The van der Waals surface area contributed by atoms with Crippen molar-refractivity contribution in [3.8, 4) is 0 Å². The maximum absolute atomic E-state index is 12.6. The first-order chi connectivity index (χ1) is 12.0. The zero-order valence-corrected chi connectivity index (χ0v) is 13.2. The third-order valence-corrected chi connectivity index (χ3v) is 4.12. The summed E-state index contributed by atoms with van der Waals surface area (Å²) in [6, 6.07) is 14.5. The van der Waals surface area contributed by atoms with E-state index in [0.717, 1.165) is 4.90 Å². The van der Waals surface area contributed by atoms with Gasteiger partial charge in [0.25, 0.3) is 11.8 Å². The molecule has 2 aromatic carbocycles. The standard InChI is InChI=1S/C19H15NO5/c21-16(22)10-13(17(23)12-6-2-1-3-7-12)11-20-18(24)14-8-4-5-9-15(14)19(20)25/h1-9,13H,10-11H2,(H,21,22)/p-1/t13-/m0/s1. The Morgan fingerprint density at radius 3 is 1.92 bits per heavy atom. The van der Waals surface area contributed by atoms with Crippen molar-refractivity contribution in [1.29, 1.82) is 0 Å². The number of aliphatic carboxylic acids is 1. The van der Waals surface area contributed by atoms with Gasteiger partial charge < -0.3 is 9.90 Å². The van der Waals surface area contributed by atoms with Gasteiger partial charge in [-0.25, -0.2) is 0 Å². The van der Waals surface area contributed by atoms with E-state index in [1.165, 1.54) is 12.1 Å². The average Bonchev–Trinajstić information content (AvgIpc) is 2.86. The van der Waals surface area contributed by atoms with Crippen molar-refractivity contribution in [2.45, 2.75) is 6.42 Å². The molecule has 0 radical (unpaired) electrons. The Kier molecular flexibility index (Phi) is 4.43. The van der Waals surface area contributed by atoms with Crippen LogP contribution in [0.25, 0.3) is 0 Å². The summed E-state index contributed by atoms with van der Waals surface area (Å²) in [6.07, 6.45) is -0.568. The van der Waals surface area contributed by atoms with Gasteiger partial charge in [-0.15, -0.1) is 0 Å². The molecular formula is C19H14NO5-. The molecule has 1 aliphatic rings. The van der Waals surface area contributed by atoms with Gasteiger partial charge in [-0.1, -0.05) is 42.5 Å². The quantitative estimate of drug-likeness (QED) is 0.577. The van der Waals surface area contributed by atoms with Crippen LogP contribution in [0.3, 0.4) is 0 Å². The topological polar surface area (TPSA) is 94.6 Å². The highest BCUT2D eigenvalue weighted by Crippen LogP contribution is 2.25. The monoisotopic (exact) mass is 336 g/mol. The van der Waals surface area contributed by atoms with E-state index < -0.39 is 35.9 Å². The summed E-state index contributed by atoms with van der Waals surface area (Å²) in [7, 11) is 0. The lowest BCUT2D eigenvalue weighted by atomic mass is 9.94. The second-order valence-corrected chi connectivity index (χ2v) is 5.77. The fraction of sp³-hybridized carbons (Fsp3) is 0.158. The number of nitrogens with zero attached hydrogens (tertiary/aromatic N) is 1. The Bertz CT molecular complexity index is 824. The molecule has 1 atom stereocenters. The van der Waals surface area contributed by atoms with E-state index in [9.17, 15) is 24.3 Å². The van der Waals surface area contributed by atoms with E-state index in [1.807, 2.05) is 0 Å². The van der Waals surface area contributed by atoms with Crippen molar-refractivity contribution < 1.29 is 24.3 Å². The summed E-state index contributed by atoms with van der Waals surface area (Å²) in [6.45, 7) is -0.298. The fourth-order valence-corrected chi connectivity index (χ4v) is 2.90. The average molecular weight is 336 g/mol. The van der Waals surface area contributed by atoms with Gasteiger partial charge in [0.05, 0.1) is 11.1 Å². The van der Waals surface area contributed by atoms with E-state index >= 15 is 0 Å².